The highest BCUT2D eigenvalue weighted by Crippen LogP contribution is 2.39. The van der Waals surface area contributed by atoms with Gasteiger partial charge in [0.05, 0.1) is 11.2 Å². The Morgan fingerprint density at radius 3 is 2.50 bits per heavy atom. The summed E-state index contributed by atoms with van der Waals surface area (Å²) >= 11 is 1.36. The molecule has 0 radical (unpaired) electrons. The molecule has 0 unspecified atom stereocenters. The number of pyridine rings is 2. The smallest absolute Gasteiger partial charge is 0.269 e. The molecule has 0 atom stereocenters. The first-order chi connectivity index (χ1) is 18.2. The Bertz CT molecular complexity index is 1420. The van der Waals surface area contributed by atoms with Crippen LogP contribution in [0.25, 0.3) is 11.1 Å². The summed E-state index contributed by atoms with van der Waals surface area (Å²) in [5.41, 5.74) is 1.99. The normalized spacial score (nSPS) is 12.8. The maximum Gasteiger partial charge on any atom is 0.269 e. The fourth-order valence-corrected chi connectivity index (χ4v) is 4.57. The average Bonchev–Trinajstić information content (AvgIpc) is 3.74. The minimum Gasteiger partial charge on any atom is -0.491 e. The zero-order chi connectivity index (χ0) is 27.3. The van der Waals surface area contributed by atoms with E-state index in [9.17, 15) is 20.4 Å². The molecular formula is C28H28N6O3S. The lowest BCUT2D eigenvalue weighted by molar-refractivity contribution is 0.0285. The SMILES string of the molecule is CNC(=O)c1cc(CSc2nc(NC3CC3)c(C#N)c(-c3ccc(OCC(C)(C)O)cc3)c2C#N)ccn1. The van der Waals surface area contributed by atoms with Crippen LogP contribution in [0.5, 0.6) is 5.75 Å². The number of thioether (sulfide) groups is 1. The third-order valence-corrected chi connectivity index (χ3v) is 6.75. The van der Waals surface area contributed by atoms with Gasteiger partial charge in [-0.2, -0.15) is 10.5 Å². The molecule has 0 bridgehead atoms. The van der Waals surface area contributed by atoms with Gasteiger partial charge in [0, 0.05) is 30.6 Å². The van der Waals surface area contributed by atoms with E-state index >= 15 is 0 Å². The number of aliphatic hydroxyl groups is 1. The molecule has 1 amide bonds. The van der Waals surface area contributed by atoms with E-state index in [1.165, 1.54) is 11.8 Å². The van der Waals surface area contributed by atoms with Crippen LogP contribution in [-0.4, -0.2) is 46.3 Å². The molecule has 1 aliphatic rings. The van der Waals surface area contributed by atoms with Crippen molar-refractivity contribution in [3.63, 3.8) is 0 Å². The first-order valence-corrected chi connectivity index (χ1v) is 13.1. The number of ether oxygens (including phenoxy) is 1. The number of anilines is 1. The quantitative estimate of drug-likeness (QED) is 0.329. The molecule has 194 valence electrons. The highest BCUT2D eigenvalue weighted by molar-refractivity contribution is 7.98. The van der Waals surface area contributed by atoms with Gasteiger partial charge in [-0.05, 0) is 62.1 Å². The zero-order valence-electron chi connectivity index (χ0n) is 21.4. The van der Waals surface area contributed by atoms with Gasteiger partial charge in [0.15, 0.2) is 0 Å². The molecule has 0 aliphatic heterocycles. The van der Waals surface area contributed by atoms with Gasteiger partial charge in [-0.15, -0.1) is 11.8 Å². The lowest BCUT2D eigenvalue weighted by atomic mass is 9.96. The van der Waals surface area contributed by atoms with Crippen molar-refractivity contribution in [2.45, 2.75) is 49.1 Å². The van der Waals surface area contributed by atoms with Gasteiger partial charge < -0.3 is 20.5 Å². The maximum atomic E-state index is 12.0. The molecule has 38 heavy (non-hydrogen) atoms. The minimum absolute atomic E-state index is 0.126. The molecule has 1 fully saturated rings. The molecule has 3 aromatic rings. The van der Waals surface area contributed by atoms with Crippen molar-refractivity contribution >= 4 is 23.5 Å². The second kappa shape index (κ2) is 11.5. The number of rotatable bonds is 10. The van der Waals surface area contributed by atoms with Crippen LogP contribution < -0.4 is 15.4 Å². The molecule has 4 rings (SSSR count). The number of benzene rings is 1. The molecule has 1 aliphatic carbocycles. The van der Waals surface area contributed by atoms with Crippen molar-refractivity contribution in [2.75, 3.05) is 19.0 Å². The summed E-state index contributed by atoms with van der Waals surface area (Å²) in [6.45, 7) is 3.45. The van der Waals surface area contributed by atoms with Crippen LogP contribution in [0.15, 0.2) is 47.6 Å². The summed E-state index contributed by atoms with van der Waals surface area (Å²) < 4.78 is 5.66. The summed E-state index contributed by atoms with van der Waals surface area (Å²) in [5.74, 6) is 1.19. The summed E-state index contributed by atoms with van der Waals surface area (Å²) in [4.78, 5) is 20.8. The van der Waals surface area contributed by atoms with Crippen LogP contribution in [0, 0.1) is 22.7 Å². The second-order valence-electron chi connectivity index (χ2n) is 9.58. The number of hydrogen-bond donors (Lipinski definition) is 3. The maximum absolute atomic E-state index is 12.0. The van der Waals surface area contributed by atoms with Crippen LogP contribution in [0.4, 0.5) is 5.82 Å². The molecule has 0 spiro atoms. The summed E-state index contributed by atoms with van der Waals surface area (Å²) in [6, 6.07) is 15.4. The Morgan fingerprint density at radius 1 is 1.18 bits per heavy atom. The molecule has 2 heterocycles. The second-order valence-corrected chi connectivity index (χ2v) is 10.5. The number of carbonyl (C=O) groups excluding carboxylic acids is 1. The average molecular weight is 529 g/mol. The van der Waals surface area contributed by atoms with E-state index in [4.69, 9.17) is 9.72 Å². The van der Waals surface area contributed by atoms with Crippen molar-refractivity contribution < 1.29 is 14.6 Å². The predicted octanol–water partition coefficient (Wildman–Crippen LogP) is 4.26. The molecule has 10 heteroatoms. The van der Waals surface area contributed by atoms with E-state index in [1.54, 1.807) is 57.4 Å². The van der Waals surface area contributed by atoms with E-state index in [0.717, 1.165) is 18.4 Å². The van der Waals surface area contributed by atoms with Gasteiger partial charge >= 0.3 is 0 Å². The first kappa shape index (κ1) is 26.9. The van der Waals surface area contributed by atoms with Crippen LogP contribution in [-0.2, 0) is 5.75 Å². The molecular weight excluding hydrogens is 500 g/mol. The van der Waals surface area contributed by atoms with Crippen molar-refractivity contribution in [1.29, 1.82) is 10.5 Å². The van der Waals surface area contributed by atoms with Crippen LogP contribution in [0.1, 0.15) is 53.9 Å². The Balaban J connectivity index is 1.71. The summed E-state index contributed by atoms with van der Waals surface area (Å²) in [7, 11) is 1.55. The van der Waals surface area contributed by atoms with E-state index < -0.39 is 5.60 Å². The fraction of sp³-hybridized carbons (Fsp3) is 0.321. The van der Waals surface area contributed by atoms with Gasteiger partial charge in [0.1, 0.15) is 46.6 Å². The monoisotopic (exact) mass is 528 g/mol. The highest BCUT2D eigenvalue weighted by atomic mass is 32.2. The largest absolute Gasteiger partial charge is 0.491 e. The van der Waals surface area contributed by atoms with E-state index in [2.05, 4.69) is 27.8 Å². The van der Waals surface area contributed by atoms with Gasteiger partial charge in [0.25, 0.3) is 5.91 Å². The van der Waals surface area contributed by atoms with Crippen LogP contribution in [0.3, 0.4) is 0 Å². The number of hydrogen-bond acceptors (Lipinski definition) is 9. The zero-order valence-corrected chi connectivity index (χ0v) is 22.2. The molecule has 2 aromatic heterocycles. The van der Waals surface area contributed by atoms with Crippen molar-refractivity contribution in [2.24, 2.45) is 0 Å². The predicted molar refractivity (Wildman–Crippen MR) is 145 cm³/mol. The number of aromatic nitrogens is 2. The standard InChI is InChI=1S/C28H28N6O3S/c1-28(2,36)16-37-20-8-4-18(5-9-20)24-21(13-29)25(33-19-6-7-19)34-27(22(24)14-30)38-15-17-10-11-32-23(12-17)26(35)31-3/h4-5,8-12,19,36H,6-7,15-16H2,1-3H3,(H,31,35)(H,33,34). The molecule has 0 saturated heterocycles. The third-order valence-electron chi connectivity index (χ3n) is 5.70. The summed E-state index contributed by atoms with van der Waals surface area (Å²) in [6.07, 6.45) is 3.57. The Kier molecular flexibility index (Phi) is 8.16. The molecule has 1 aromatic carbocycles. The summed E-state index contributed by atoms with van der Waals surface area (Å²) in [5, 5.41) is 36.6. The first-order valence-electron chi connectivity index (χ1n) is 12.1. The number of nitrogens with zero attached hydrogens (tertiary/aromatic N) is 4. The molecule has 1 saturated carbocycles. The van der Waals surface area contributed by atoms with Gasteiger partial charge in [-0.1, -0.05) is 12.1 Å². The number of nitriles is 2. The number of nitrogens with one attached hydrogen (secondary N) is 2. The van der Waals surface area contributed by atoms with Gasteiger partial charge in [-0.25, -0.2) is 4.98 Å². The van der Waals surface area contributed by atoms with E-state index in [0.29, 0.717) is 50.3 Å². The highest BCUT2D eigenvalue weighted by Gasteiger charge is 2.27. The van der Waals surface area contributed by atoms with E-state index in [-0.39, 0.29) is 18.6 Å². The topological polar surface area (TPSA) is 144 Å². The lowest BCUT2D eigenvalue weighted by Crippen LogP contribution is -2.27. The number of amides is 1. The van der Waals surface area contributed by atoms with Gasteiger partial charge in [-0.3, -0.25) is 9.78 Å². The Labute approximate surface area is 225 Å². The Morgan fingerprint density at radius 2 is 1.89 bits per heavy atom. The van der Waals surface area contributed by atoms with Crippen molar-refractivity contribution in [3.05, 3.63) is 65.0 Å². The van der Waals surface area contributed by atoms with Crippen LogP contribution >= 0.6 is 11.8 Å². The van der Waals surface area contributed by atoms with E-state index in [1.807, 2.05) is 6.07 Å². The van der Waals surface area contributed by atoms with Crippen LogP contribution in [0.2, 0.25) is 0 Å². The fourth-order valence-electron chi connectivity index (χ4n) is 3.64. The Hall–Kier alpha value is -4.12. The minimum atomic E-state index is -0.975. The van der Waals surface area contributed by atoms with Crippen molar-refractivity contribution in [1.82, 2.24) is 15.3 Å². The van der Waals surface area contributed by atoms with Gasteiger partial charge in [0.2, 0.25) is 0 Å². The number of carbonyl (C=O) groups is 1. The molecule has 3 N–H and O–H groups in total. The third kappa shape index (κ3) is 6.60. The molecule has 9 nitrogen and oxygen atoms in total. The lowest BCUT2D eigenvalue weighted by Gasteiger charge is -2.18. The van der Waals surface area contributed by atoms with Crippen molar-refractivity contribution in [3.8, 4) is 29.0 Å².